The summed E-state index contributed by atoms with van der Waals surface area (Å²) in [5.74, 6) is 9.40. The lowest BCUT2D eigenvalue weighted by Gasteiger charge is -2.23. The van der Waals surface area contributed by atoms with E-state index < -0.39 is 5.60 Å². The molecule has 1 heterocycles. The van der Waals surface area contributed by atoms with E-state index in [2.05, 4.69) is 36.1 Å². The molecule has 1 aliphatic heterocycles. The first-order valence-corrected chi connectivity index (χ1v) is 13.4. The van der Waals surface area contributed by atoms with Gasteiger partial charge in [-0.05, 0) is 74.8 Å². The molecule has 0 unspecified atom stereocenters. The van der Waals surface area contributed by atoms with E-state index in [0.29, 0.717) is 10.9 Å². The molecule has 0 amide bonds. The van der Waals surface area contributed by atoms with Crippen LogP contribution in [0.25, 0.3) is 10.8 Å². The minimum absolute atomic E-state index is 0.107. The van der Waals surface area contributed by atoms with E-state index in [0.717, 1.165) is 42.4 Å². The van der Waals surface area contributed by atoms with E-state index in [1.54, 1.807) is 0 Å². The molecule has 1 saturated heterocycles. The first kappa shape index (κ1) is 21.9. The molecular formula is C29H29O3S+. The van der Waals surface area contributed by atoms with Gasteiger partial charge in [-0.2, -0.15) is 0 Å². The molecule has 0 spiro atoms. The highest BCUT2D eigenvalue weighted by Gasteiger charge is 2.36. The number of carbonyl (C=O) groups is 1. The zero-order valence-corrected chi connectivity index (χ0v) is 19.7. The lowest BCUT2D eigenvalue weighted by molar-refractivity contribution is -0.156. The molecule has 1 saturated carbocycles. The van der Waals surface area contributed by atoms with Gasteiger partial charge in [-0.3, -0.25) is 0 Å². The molecule has 33 heavy (non-hydrogen) atoms. The summed E-state index contributed by atoms with van der Waals surface area (Å²) in [6.07, 6.45) is 6.22. The van der Waals surface area contributed by atoms with Crippen molar-refractivity contribution in [2.45, 2.75) is 49.0 Å². The second-order valence-corrected chi connectivity index (χ2v) is 11.0. The van der Waals surface area contributed by atoms with E-state index in [-0.39, 0.29) is 12.6 Å². The SMILES string of the molecule is O=C(COc1ccc([S+]2CCCC2)c2ccccc12)OC1(C#Cc2ccccc2)CCCC1. The summed E-state index contributed by atoms with van der Waals surface area (Å²) in [5.41, 5.74) is 0.233. The number of benzene rings is 3. The summed E-state index contributed by atoms with van der Waals surface area (Å²) >= 11 is 0. The molecule has 2 fully saturated rings. The van der Waals surface area contributed by atoms with Crippen molar-refractivity contribution in [3.63, 3.8) is 0 Å². The summed E-state index contributed by atoms with van der Waals surface area (Å²) < 4.78 is 11.9. The lowest BCUT2D eigenvalue weighted by Crippen LogP contribution is -2.32. The highest BCUT2D eigenvalue weighted by molar-refractivity contribution is 7.97. The molecule has 0 bridgehead atoms. The van der Waals surface area contributed by atoms with Gasteiger partial charge < -0.3 is 9.47 Å². The summed E-state index contributed by atoms with van der Waals surface area (Å²) in [5, 5.41) is 2.32. The van der Waals surface area contributed by atoms with Crippen LogP contribution in [-0.2, 0) is 20.4 Å². The zero-order valence-electron chi connectivity index (χ0n) is 18.8. The van der Waals surface area contributed by atoms with Gasteiger partial charge in [0.15, 0.2) is 17.1 Å². The Morgan fingerprint density at radius 1 is 0.848 bits per heavy atom. The normalized spacial score (nSPS) is 17.5. The number of hydrogen-bond acceptors (Lipinski definition) is 3. The van der Waals surface area contributed by atoms with Crippen molar-refractivity contribution in [3.05, 3.63) is 72.3 Å². The van der Waals surface area contributed by atoms with Crippen molar-refractivity contribution in [2.24, 2.45) is 0 Å². The van der Waals surface area contributed by atoms with Crippen molar-refractivity contribution >= 4 is 27.6 Å². The molecule has 1 aliphatic carbocycles. The van der Waals surface area contributed by atoms with Crippen molar-refractivity contribution in [1.29, 1.82) is 0 Å². The van der Waals surface area contributed by atoms with Gasteiger partial charge in [0.05, 0.1) is 0 Å². The number of fused-ring (bicyclic) bond motifs is 1. The third-order valence-electron chi connectivity index (χ3n) is 6.46. The maximum Gasteiger partial charge on any atom is 0.345 e. The van der Waals surface area contributed by atoms with Crippen LogP contribution in [0.15, 0.2) is 71.6 Å². The Morgan fingerprint density at radius 2 is 1.55 bits per heavy atom. The van der Waals surface area contributed by atoms with E-state index >= 15 is 0 Å². The van der Waals surface area contributed by atoms with E-state index in [1.807, 2.05) is 42.5 Å². The predicted octanol–water partition coefficient (Wildman–Crippen LogP) is 5.90. The minimum Gasteiger partial charge on any atom is -0.481 e. The smallest absolute Gasteiger partial charge is 0.345 e. The Labute approximate surface area is 198 Å². The second-order valence-electron chi connectivity index (χ2n) is 8.80. The molecule has 3 aromatic rings. The van der Waals surface area contributed by atoms with Gasteiger partial charge in [-0.1, -0.05) is 42.3 Å². The minimum atomic E-state index is -0.703. The third kappa shape index (κ3) is 5.04. The van der Waals surface area contributed by atoms with Crippen LogP contribution in [0.2, 0.25) is 0 Å². The van der Waals surface area contributed by atoms with E-state index in [1.165, 1.54) is 34.6 Å². The summed E-state index contributed by atoms with van der Waals surface area (Å²) in [7, 11) is 0.324. The van der Waals surface area contributed by atoms with Crippen molar-refractivity contribution in [1.82, 2.24) is 0 Å². The van der Waals surface area contributed by atoms with Gasteiger partial charge in [0.25, 0.3) is 0 Å². The second kappa shape index (κ2) is 9.93. The molecule has 5 rings (SSSR count). The maximum atomic E-state index is 12.8. The number of hydrogen-bond donors (Lipinski definition) is 0. The van der Waals surface area contributed by atoms with Crippen LogP contribution < -0.4 is 4.74 Å². The van der Waals surface area contributed by atoms with Crippen molar-refractivity contribution in [2.75, 3.05) is 18.1 Å². The van der Waals surface area contributed by atoms with Crippen molar-refractivity contribution < 1.29 is 14.3 Å². The fourth-order valence-corrected chi connectivity index (χ4v) is 7.28. The van der Waals surface area contributed by atoms with Crippen molar-refractivity contribution in [3.8, 4) is 17.6 Å². The molecule has 4 heteroatoms. The first-order chi connectivity index (χ1) is 16.2. The Kier molecular flexibility index (Phi) is 6.60. The van der Waals surface area contributed by atoms with Gasteiger partial charge in [-0.15, -0.1) is 0 Å². The maximum absolute atomic E-state index is 12.8. The predicted molar refractivity (Wildman–Crippen MR) is 135 cm³/mol. The van der Waals surface area contributed by atoms with Gasteiger partial charge >= 0.3 is 5.97 Å². The molecule has 0 atom stereocenters. The molecule has 0 N–H and O–H groups in total. The average molecular weight is 458 g/mol. The monoisotopic (exact) mass is 457 g/mol. The number of esters is 1. The fraction of sp³-hybridized carbons (Fsp3) is 0.345. The van der Waals surface area contributed by atoms with Gasteiger partial charge in [0.1, 0.15) is 17.3 Å². The standard InChI is InChI=1S/C29H29O3S/c30-28(32-29(17-6-7-18-29)19-16-23-10-2-1-3-11-23)22-31-26-14-15-27(33-20-8-9-21-33)25-13-5-4-12-24(25)26/h1-5,10-15H,6-9,17-18,20-22H2/q+1. The Hall–Kier alpha value is -2.90. The number of carbonyl (C=O) groups excluding carboxylic acids is 1. The quantitative estimate of drug-likeness (QED) is 0.272. The lowest BCUT2D eigenvalue weighted by atomic mass is 10.0. The molecule has 0 aromatic heterocycles. The Balaban J connectivity index is 1.30. The van der Waals surface area contributed by atoms with Crippen LogP contribution in [0.4, 0.5) is 0 Å². The van der Waals surface area contributed by atoms with Gasteiger partial charge in [0.2, 0.25) is 0 Å². The summed E-state index contributed by atoms with van der Waals surface area (Å²) in [6, 6.07) is 22.4. The molecule has 168 valence electrons. The average Bonchev–Trinajstić information content (AvgIpc) is 3.55. The highest BCUT2D eigenvalue weighted by Crippen LogP contribution is 2.35. The van der Waals surface area contributed by atoms with Crippen LogP contribution >= 0.6 is 0 Å². The van der Waals surface area contributed by atoms with Crippen LogP contribution in [0, 0.1) is 11.8 Å². The number of rotatable bonds is 5. The van der Waals surface area contributed by atoms with E-state index in [9.17, 15) is 4.79 Å². The van der Waals surface area contributed by atoms with Crippen LogP contribution in [0.1, 0.15) is 44.1 Å². The van der Waals surface area contributed by atoms with Crippen LogP contribution in [-0.4, -0.2) is 29.7 Å². The molecule has 2 aliphatic rings. The van der Waals surface area contributed by atoms with Gasteiger partial charge in [0, 0.05) is 27.2 Å². The molecule has 3 aromatic carbocycles. The Bertz CT molecular complexity index is 1180. The molecule has 0 radical (unpaired) electrons. The third-order valence-corrected chi connectivity index (χ3v) is 9.00. The summed E-state index contributed by atoms with van der Waals surface area (Å²) in [6.45, 7) is -0.107. The van der Waals surface area contributed by atoms with Gasteiger partial charge in [-0.25, -0.2) is 4.79 Å². The first-order valence-electron chi connectivity index (χ1n) is 11.8. The molecular weight excluding hydrogens is 428 g/mol. The zero-order chi connectivity index (χ0) is 22.5. The van der Waals surface area contributed by atoms with E-state index in [4.69, 9.17) is 9.47 Å². The number of ether oxygens (including phenoxy) is 2. The highest BCUT2D eigenvalue weighted by atomic mass is 32.2. The molecule has 3 nitrogen and oxygen atoms in total. The Morgan fingerprint density at radius 3 is 2.30 bits per heavy atom. The summed E-state index contributed by atoms with van der Waals surface area (Å²) in [4.78, 5) is 14.2. The topological polar surface area (TPSA) is 35.5 Å². The van der Waals surface area contributed by atoms with Crippen LogP contribution in [0.5, 0.6) is 5.75 Å². The van der Waals surface area contributed by atoms with Crippen LogP contribution in [0.3, 0.4) is 0 Å². The largest absolute Gasteiger partial charge is 0.481 e. The fourth-order valence-electron chi connectivity index (χ4n) is 4.79.